The molecule has 1 unspecified atom stereocenters. The largest absolute Gasteiger partial charge is 0.508 e. The van der Waals surface area contributed by atoms with E-state index in [1.54, 1.807) is 25.2 Å². The Labute approximate surface area is 135 Å². The van der Waals surface area contributed by atoms with Gasteiger partial charge in [-0.25, -0.2) is 4.99 Å². The lowest BCUT2D eigenvalue weighted by molar-refractivity contribution is -0.128. The first-order valence-corrected chi connectivity index (χ1v) is 7.41. The third-order valence-electron chi connectivity index (χ3n) is 4.24. The summed E-state index contributed by atoms with van der Waals surface area (Å²) in [6, 6.07) is 14.9. The van der Waals surface area contributed by atoms with Crippen molar-refractivity contribution in [2.45, 2.75) is 18.9 Å². The molecule has 118 valence electrons. The number of phenols is 1. The first kappa shape index (κ1) is 15.1. The summed E-state index contributed by atoms with van der Waals surface area (Å²) in [6.07, 6.45) is 0.272. The number of aliphatic imine (C=N–C) groups is 1. The maximum absolute atomic E-state index is 12.1. The molecule has 0 saturated heterocycles. The van der Waals surface area contributed by atoms with Gasteiger partial charge in [-0.1, -0.05) is 30.3 Å². The molecule has 5 heteroatoms. The minimum atomic E-state index is -0.680. The topological polar surface area (TPSA) is 78.9 Å². The van der Waals surface area contributed by atoms with Crippen LogP contribution in [-0.4, -0.2) is 28.9 Å². The Kier molecular flexibility index (Phi) is 3.56. The molecule has 23 heavy (non-hydrogen) atoms. The zero-order valence-electron chi connectivity index (χ0n) is 13.2. The van der Waals surface area contributed by atoms with Crippen molar-refractivity contribution in [1.29, 1.82) is 0 Å². The van der Waals surface area contributed by atoms with Crippen LogP contribution in [0.2, 0.25) is 0 Å². The minimum Gasteiger partial charge on any atom is -0.508 e. The molecule has 1 heterocycles. The first-order chi connectivity index (χ1) is 10.9. The van der Waals surface area contributed by atoms with Crippen LogP contribution >= 0.6 is 0 Å². The lowest BCUT2D eigenvalue weighted by atomic mass is 9.86. The summed E-state index contributed by atoms with van der Waals surface area (Å²) in [5.74, 6) is 0.394. The van der Waals surface area contributed by atoms with E-state index in [0.29, 0.717) is 0 Å². The average molecular weight is 309 g/mol. The van der Waals surface area contributed by atoms with E-state index in [9.17, 15) is 9.90 Å². The van der Waals surface area contributed by atoms with Crippen molar-refractivity contribution < 1.29 is 9.90 Å². The van der Waals surface area contributed by atoms with Gasteiger partial charge in [-0.3, -0.25) is 9.69 Å². The SMILES string of the molecule is CN1C(=O)CC(C)(c2cccc(-c3cccc(O)c3)c2)N=C1N. The molecule has 0 aromatic heterocycles. The highest BCUT2D eigenvalue weighted by molar-refractivity contribution is 5.98. The quantitative estimate of drug-likeness (QED) is 0.894. The van der Waals surface area contributed by atoms with Gasteiger partial charge in [-0.2, -0.15) is 0 Å². The number of nitrogens with zero attached hydrogens (tertiary/aromatic N) is 2. The fraction of sp³-hybridized carbons (Fsp3) is 0.222. The summed E-state index contributed by atoms with van der Waals surface area (Å²) in [5.41, 5.74) is 7.98. The van der Waals surface area contributed by atoms with Gasteiger partial charge in [0.1, 0.15) is 5.75 Å². The summed E-state index contributed by atoms with van der Waals surface area (Å²) in [4.78, 5) is 18.0. The van der Waals surface area contributed by atoms with E-state index in [1.807, 2.05) is 37.3 Å². The molecule has 2 aromatic rings. The normalized spacial score (nSPS) is 21.2. The maximum atomic E-state index is 12.1. The predicted octanol–water partition coefficient (Wildman–Crippen LogP) is 2.45. The lowest BCUT2D eigenvalue weighted by Crippen LogP contribution is -2.47. The van der Waals surface area contributed by atoms with E-state index >= 15 is 0 Å². The third kappa shape index (κ3) is 2.77. The van der Waals surface area contributed by atoms with Crippen LogP contribution in [0.1, 0.15) is 18.9 Å². The Balaban J connectivity index is 2.05. The number of carbonyl (C=O) groups is 1. The smallest absolute Gasteiger partial charge is 0.231 e. The molecular weight excluding hydrogens is 290 g/mol. The Morgan fingerprint density at radius 2 is 1.83 bits per heavy atom. The molecular formula is C18H19N3O2. The van der Waals surface area contributed by atoms with Crippen molar-refractivity contribution in [1.82, 2.24) is 4.90 Å². The number of carbonyl (C=O) groups excluding carboxylic acids is 1. The first-order valence-electron chi connectivity index (χ1n) is 7.41. The van der Waals surface area contributed by atoms with Crippen molar-refractivity contribution in [3.05, 3.63) is 54.1 Å². The molecule has 2 aromatic carbocycles. The summed E-state index contributed by atoms with van der Waals surface area (Å²) in [5, 5.41) is 9.65. The van der Waals surface area contributed by atoms with Crippen molar-refractivity contribution in [3.63, 3.8) is 0 Å². The fourth-order valence-corrected chi connectivity index (χ4v) is 2.79. The van der Waals surface area contributed by atoms with Crippen LogP contribution in [0.5, 0.6) is 5.75 Å². The second-order valence-electron chi connectivity index (χ2n) is 6.00. The predicted molar refractivity (Wildman–Crippen MR) is 89.9 cm³/mol. The number of nitrogens with two attached hydrogens (primary N) is 1. The molecule has 0 fully saturated rings. The fourth-order valence-electron chi connectivity index (χ4n) is 2.79. The van der Waals surface area contributed by atoms with Gasteiger partial charge in [0.05, 0.1) is 12.0 Å². The monoisotopic (exact) mass is 309 g/mol. The van der Waals surface area contributed by atoms with Gasteiger partial charge in [0.2, 0.25) is 5.91 Å². The summed E-state index contributed by atoms with van der Waals surface area (Å²) >= 11 is 0. The molecule has 1 aliphatic heterocycles. The third-order valence-corrected chi connectivity index (χ3v) is 4.24. The molecule has 0 spiro atoms. The van der Waals surface area contributed by atoms with E-state index < -0.39 is 5.54 Å². The molecule has 0 aliphatic carbocycles. The van der Waals surface area contributed by atoms with E-state index in [0.717, 1.165) is 16.7 Å². The number of hydrogen-bond donors (Lipinski definition) is 2. The highest BCUT2D eigenvalue weighted by Crippen LogP contribution is 2.35. The van der Waals surface area contributed by atoms with Gasteiger partial charge < -0.3 is 10.8 Å². The second kappa shape index (κ2) is 5.43. The summed E-state index contributed by atoms with van der Waals surface area (Å²) < 4.78 is 0. The Morgan fingerprint density at radius 1 is 1.17 bits per heavy atom. The van der Waals surface area contributed by atoms with E-state index in [-0.39, 0.29) is 24.0 Å². The molecule has 1 aliphatic rings. The van der Waals surface area contributed by atoms with Crippen LogP contribution < -0.4 is 5.73 Å². The van der Waals surface area contributed by atoms with Crippen molar-refractivity contribution in [2.75, 3.05) is 7.05 Å². The number of hydrogen-bond acceptors (Lipinski definition) is 4. The Bertz CT molecular complexity index is 800. The van der Waals surface area contributed by atoms with Crippen LogP contribution in [0.4, 0.5) is 0 Å². The van der Waals surface area contributed by atoms with Crippen LogP contribution in [0.25, 0.3) is 11.1 Å². The Hall–Kier alpha value is -2.82. The number of guanidine groups is 1. The molecule has 3 N–H and O–H groups in total. The second-order valence-corrected chi connectivity index (χ2v) is 6.00. The molecule has 0 saturated carbocycles. The number of aromatic hydroxyl groups is 1. The zero-order valence-corrected chi connectivity index (χ0v) is 13.2. The molecule has 0 bridgehead atoms. The maximum Gasteiger partial charge on any atom is 0.231 e. The van der Waals surface area contributed by atoms with E-state index in [4.69, 9.17) is 5.73 Å². The summed E-state index contributed by atoms with van der Waals surface area (Å²) in [7, 11) is 1.63. The molecule has 3 rings (SSSR count). The van der Waals surface area contributed by atoms with Gasteiger partial charge in [-0.15, -0.1) is 0 Å². The minimum absolute atomic E-state index is 0.0530. The average Bonchev–Trinajstić information content (AvgIpc) is 2.53. The lowest BCUT2D eigenvalue weighted by Gasteiger charge is -2.33. The molecule has 0 radical (unpaired) electrons. The number of rotatable bonds is 2. The van der Waals surface area contributed by atoms with Gasteiger partial charge in [0.25, 0.3) is 0 Å². The standard InChI is InChI=1S/C18H19N3O2/c1-18(11-16(23)21(2)17(19)20-18)14-7-3-5-12(9-14)13-6-4-8-15(22)10-13/h3-10,22H,11H2,1-2H3,(H2,19,20). The van der Waals surface area contributed by atoms with Gasteiger partial charge >= 0.3 is 0 Å². The summed E-state index contributed by atoms with van der Waals surface area (Å²) in [6.45, 7) is 1.91. The van der Waals surface area contributed by atoms with Gasteiger partial charge in [0.15, 0.2) is 5.96 Å². The zero-order chi connectivity index (χ0) is 16.6. The number of amides is 1. The molecule has 5 nitrogen and oxygen atoms in total. The van der Waals surface area contributed by atoms with Crippen LogP contribution in [-0.2, 0) is 10.3 Å². The van der Waals surface area contributed by atoms with Crippen molar-refractivity contribution in [2.24, 2.45) is 10.7 Å². The van der Waals surface area contributed by atoms with Crippen LogP contribution in [0.3, 0.4) is 0 Å². The number of phenolic OH excluding ortho intramolecular Hbond substituents is 1. The van der Waals surface area contributed by atoms with Crippen LogP contribution in [0, 0.1) is 0 Å². The molecule has 1 amide bonds. The highest BCUT2D eigenvalue weighted by Gasteiger charge is 2.36. The van der Waals surface area contributed by atoms with Crippen molar-refractivity contribution in [3.8, 4) is 16.9 Å². The number of benzene rings is 2. The van der Waals surface area contributed by atoms with Crippen molar-refractivity contribution >= 4 is 11.9 Å². The molecule has 1 atom stereocenters. The van der Waals surface area contributed by atoms with E-state index in [2.05, 4.69) is 4.99 Å². The van der Waals surface area contributed by atoms with E-state index in [1.165, 1.54) is 4.90 Å². The van der Waals surface area contributed by atoms with Gasteiger partial charge in [-0.05, 0) is 41.8 Å². The Morgan fingerprint density at radius 3 is 2.48 bits per heavy atom. The highest BCUT2D eigenvalue weighted by atomic mass is 16.3. The van der Waals surface area contributed by atoms with Crippen LogP contribution in [0.15, 0.2) is 53.5 Å². The van der Waals surface area contributed by atoms with Gasteiger partial charge in [0, 0.05) is 7.05 Å².